The van der Waals surface area contributed by atoms with Gasteiger partial charge in [-0.3, -0.25) is 14.5 Å². The Balaban J connectivity index is 1.06. The molecule has 9 nitrogen and oxygen atoms in total. The molecule has 2 aromatic carbocycles. The van der Waals surface area contributed by atoms with Gasteiger partial charge in [-0.1, -0.05) is 19.9 Å². The fourth-order valence-electron chi connectivity index (χ4n) is 8.32. The Morgan fingerprint density at radius 3 is 2.25 bits per heavy atom. The van der Waals surface area contributed by atoms with Crippen LogP contribution in [0.15, 0.2) is 36.4 Å². The van der Waals surface area contributed by atoms with Crippen molar-refractivity contribution in [2.24, 2.45) is 5.92 Å². The van der Waals surface area contributed by atoms with Crippen LogP contribution in [0.25, 0.3) is 22.2 Å². The van der Waals surface area contributed by atoms with Crippen molar-refractivity contribution in [3.05, 3.63) is 47.5 Å². The quantitative estimate of drug-likeness (QED) is 0.307. The molecule has 1 atom stereocenters. The molecular formula is C39H55N5O4. The lowest BCUT2D eigenvalue weighted by molar-refractivity contribution is -0.141. The van der Waals surface area contributed by atoms with Gasteiger partial charge in [-0.25, -0.2) is 0 Å². The number of benzene rings is 2. The number of methoxy groups -OCH3 is 2. The Hall–Kier alpha value is -3.56. The standard InChI is InChI=1S/C39H55N5O4/c1-26(2)37-32-22-28(9-11-33(32)40-38(37)29-10-12-34(47-5)35(23-29)48-6)27-13-18-43(19-14-27)36(45)25-42-17-7-8-30(24-42)39(46)44-20-15-31(16-21-44)41(3)4/h9-12,22-23,26-27,30-31,40H,7-8,13-21,24-25H2,1-6H3/t30-/m1/s1. The first kappa shape index (κ1) is 34.3. The number of likely N-dealkylation sites (tertiary alicyclic amines) is 3. The largest absolute Gasteiger partial charge is 0.493 e. The number of carbonyl (C=O) groups is 2. The molecule has 9 heteroatoms. The van der Waals surface area contributed by atoms with E-state index in [9.17, 15) is 9.59 Å². The van der Waals surface area contributed by atoms with Crippen LogP contribution in [-0.2, 0) is 9.59 Å². The molecular weight excluding hydrogens is 602 g/mol. The zero-order valence-electron chi connectivity index (χ0n) is 29.9. The van der Waals surface area contributed by atoms with Gasteiger partial charge in [0.1, 0.15) is 0 Å². The number of ether oxygens (including phenoxy) is 2. The van der Waals surface area contributed by atoms with Crippen molar-refractivity contribution in [3.63, 3.8) is 0 Å². The van der Waals surface area contributed by atoms with E-state index < -0.39 is 0 Å². The van der Waals surface area contributed by atoms with Gasteiger partial charge in [-0.2, -0.15) is 0 Å². The van der Waals surface area contributed by atoms with Gasteiger partial charge in [-0.05, 0) is 112 Å². The molecule has 3 aliphatic heterocycles. The van der Waals surface area contributed by atoms with Crippen molar-refractivity contribution in [3.8, 4) is 22.8 Å². The number of nitrogens with zero attached hydrogens (tertiary/aromatic N) is 4. The number of aromatic nitrogens is 1. The normalized spacial score (nSPS) is 20.2. The van der Waals surface area contributed by atoms with Gasteiger partial charge in [0.25, 0.3) is 0 Å². The molecule has 3 aromatic rings. The lowest BCUT2D eigenvalue weighted by Crippen LogP contribution is -2.51. The molecule has 0 aliphatic carbocycles. The van der Waals surface area contributed by atoms with Crippen LogP contribution in [-0.4, -0.2) is 117 Å². The monoisotopic (exact) mass is 657 g/mol. The minimum Gasteiger partial charge on any atom is -0.493 e. The van der Waals surface area contributed by atoms with Gasteiger partial charge >= 0.3 is 0 Å². The first-order valence-electron chi connectivity index (χ1n) is 18.0. The molecule has 0 unspecified atom stereocenters. The zero-order valence-corrected chi connectivity index (χ0v) is 29.9. The molecule has 6 rings (SSSR count). The molecule has 2 amide bonds. The minimum atomic E-state index is 0.0135. The van der Waals surface area contributed by atoms with Crippen LogP contribution >= 0.6 is 0 Å². The summed E-state index contributed by atoms with van der Waals surface area (Å²) < 4.78 is 11.1. The Bertz CT molecular complexity index is 1580. The first-order chi connectivity index (χ1) is 23.2. The maximum Gasteiger partial charge on any atom is 0.236 e. The fourth-order valence-corrected chi connectivity index (χ4v) is 8.32. The molecule has 3 saturated heterocycles. The molecule has 48 heavy (non-hydrogen) atoms. The van der Waals surface area contributed by atoms with E-state index in [1.807, 2.05) is 12.1 Å². The van der Waals surface area contributed by atoms with Crippen molar-refractivity contribution in [1.82, 2.24) is 24.6 Å². The van der Waals surface area contributed by atoms with Gasteiger partial charge in [0.2, 0.25) is 11.8 Å². The highest BCUT2D eigenvalue weighted by Crippen LogP contribution is 2.40. The van der Waals surface area contributed by atoms with Crippen molar-refractivity contribution in [2.75, 3.05) is 74.1 Å². The summed E-state index contributed by atoms with van der Waals surface area (Å²) >= 11 is 0. The van der Waals surface area contributed by atoms with E-state index in [1.165, 1.54) is 16.5 Å². The molecule has 3 fully saturated rings. The first-order valence-corrected chi connectivity index (χ1v) is 18.0. The number of hydrogen-bond acceptors (Lipinski definition) is 6. The Morgan fingerprint density at radius 1 is 0.875 bits per heavy atom. The van der Waals surface area contributed by atoms with Crippen LogP contribution in [0, 0.1) is 5.92 Å². The molecule has 0 saturated carbocycles. The molecule has 1 aromatic heterocycles. The van der Waals surface area contributed by atoms with Crippen LogP contribution < -0.4 is 9.47 Å². The highest BCUT2D eigenvalue weighted by atomic mass is 16.5. The second-order valence-corrected chi connectivity index (χ2v) is 14.7. The summed E-state index contributed by atoms with van der Waals surface area (Å²) in [6.07, 6.45) is 5.93. The summed E-state index contributed by atoms with van der Waals surface area (Å²) in [5.74, 6) is 2.70. The van der Waals surface area contributed by atoms with Gasteiger partial charge in [0.15, 0.2) is 11.5 Å². The third-order valence-electron chi connectivity index (χ3n) is 11.2. The van der Waals surface area contributed by atoms with Crippen LogP contribution in [0.3, 0.4) is 0 Å². The fraction of sp³-hybridized carbons (Fsp3) is 0.590. The van der Waals surface area contributed by atoms with E-state index in [0.717, 1.165) is 99.5 Å². The predicted octanol–water partition coefficient (Wildman–Crippen LogP) is 5.95. The van der Waals surface area contributed by atoms with Crippen LogP contribution in [0.1, 0.15) is 75.3 Å². The van der Waals surface area contributed by atoms with Gasteiger partial charge < -0.3 is 29.2 Å². The predicted molar refractivity (Wildman–Crippen MR) is 192 cm³/mol. The lowest BCUT2D eigenvalue weighted by Gasteiger charge is -2.39. The van der Waals surface area contributed by atoms with Crippen LogP contribution in [0.5, 0.6) is 11.5 Å². The molecule has 0 spiro atoms. The Labute approximate surface area is 286 Å². The Kier molecular flexibility index (Phi) is 10.7. The van der Waals surface area contributed by atoms with Crippen molar-refractivity contribution < 1.29 is 19.1 Å². The van der Waals surface area contributed by atoms with E-state index in [2.05, 4.69) is 76.8 Å². The van der Waals surface area contributed by atoms with Gasteiger partial charge in [-0.15, -0.1) is 0 Å². The highest BCUT2D eigenvalue weighted by Gasteiger charge is 2.33. The molecule has 0 bridgehead atoms. The SMILES string of the molecule is COc1ccc(-c2[nH]c3ccc(C4CCN(C(=O)CN5CCC[C@@H](C(=O)N6CCC(N(C)C)CC6)C5)CC4)cc3c2C(C)C)cc1OC. The number of H-pyrrole nitrogens is 1. The highest BCUT2D eigenvalue weighted by molar-refractivity contribution is 5.92. The minimum absolute atomic E-state index is 0.0135. The van der Waals surface area contributed by atoms with Gasteiger partial charge in [0.05, 0.1) is 32.4 Å². The van der Waals surface area contributed by atoms with Crippen molar-refractivity contribution >= 4 is 22.7 Å². The number of rotatable bonds is 9. The van der Waals surface area contributed by atoms with Crippen molar-refractivity contribution in [1.29, 1.82) is 0 Å². The Morgan fingerprint density at radius 2 is 1.58 bits per heavy atom. The van der Waals surface area contributed by atoms with E-state index >= 15 is 0 Å². The number of aromatic amines is 1. The number of amides is 2. The molecule has 4 heterocycles. The number of nitrogens with one attached hydrogen (secondary N) is 1. The molecule has 260 valence electrons. The summed E-state index contributed by atoms with van der Waals surface area (Å²) in [6.45, 7) is 9.77. The van der Waals surface area contributed by atoms with E-state index in [0.29, 0.717) is 36.9 Å². The summed E-state index contributed by atoms with van der Waals surface area (Å²) in [6, 6.07) is 13.5. The zero-order chi connectivity index (χ0) is 33.9. The summed E-state index contributed by atoms with van der Waals surface area (Å²) in [4.78, 5) is 39.2. The molecule has 0 radical (unpaired) electrons. The number of carbonyl (C=O) groups excluding carboxylic acids is 2. The average Bonchev–Trinajstić information content (AvgIpc) is 3.50. The van der Waals surface area contributed by atoms with E-state index in [4.69, 9.17) is 9.47 Å². The topological polar surface area (TPSA) is 81.3 Å². The number of hydrogen-bond donors (Lipinski definition) is 1. The van der Waals surface area contributed by atoms with E-state index in [1.54, 1.807) is 14.2 Å². The third kappa shape index (κ3) is 7.22. The van der Waals surface area contributed by atoms with E-state index in [-0.39, 0.29) is 11.8 Å². The number of piperidine rings is 3. The third-order valence-corrected chi connectivity index (χ3v) is 11.2. The number of fused-ring (bicyclic) bond motifs is 1. The van der Waals surface area contributed by atoms with Gasteiger partial charge in [0, 0.05) is 55.2 Å². The van der Waals surface area contributed by atoms with Crippen LogP contribution in [0.2, 0.25) is 0 Å². The summed E-state index contributed by atoms with van der Waals surface area (Å²) in [5, 5.41) is 1.27. The summed E-state index contributed by atoms with van der Waals surface area (Å²) in [7, 11) is 7.59. The second kappa shape index (κ2) is 14.9. The van der Waals surface area contributed by atoms with Crippen LogP contribution in [0.4, 0.5) is 0 Å². The van der Waals surface area contributed by atoms with Crippen molar-refractivity contribution in [2.45, 2.75) is 70.3 Å². The molecule has 3 aliphatic rings. The second-order valence-electron chi connectivity index (χ2n) is 14.7. The maximum absolute atomic E-state index is 13.5. The summed E-state index contributed by atoms with van der Waals surface area (Å²) in [5.41, 5.74) is 5.99. The lowest BCUT2D eigenvalue weighted by atomic mass is 9.87. The molecule has 1 N–H and O–H groups in total. The average molecular weight is 658 g/mol. The maximum atomic E-state index is 13.5. The smallest absolute Gasteiger partial charge is 0.236 e.